The lowest BCUT2D eigenvalue weighted by atomic mass is 10.3. The van der Waals surface area contributed by atoms with Crippen LogP contribution in [0.15, 0.2) is 29.4 Å². The maximum Gasteiger partial charge on any atom is 0.125 e. The molecule has 13 heavy (non-hydrogen) atoms. The average Bonchev–Trinajstić information content (AvgIpc) is 2.11. The first-order valence-electron chi connectivity index (χ1n) is 4.00. The Bertz CT molecular complexity index is 299. The van der Waals surface area contributed by atoms with Gasteiger partial charge >= 0.3 is 0 Å². The largest absolute Gasteiger partial charge is 0.384 e. The summed E-state index contributed by atoms with van der Waals surface area (Å²) in [5.41, 5.74) is 6.51. The molecule has 0 fully saturated rings. The molecule has 1 aromatic rings. The minimum atomic E-state index is 0.518. The normalized spacial score (nSPS) is 9.62. The van der Waals surface area contributed by atoms with E-state index < -0.39 is 0 Å². The van der Waals surface area contributed by atoms with Gasteiger partial charge in [0.2, 0.25) is 0 Å². The van der Waals surface area contributed by atoms with E-state index in [4.69, 9.17) is 5.73 Å². The van der Waals surface area contributed by atoms with E-state index >= 15 is 0 Å². The highest BCUT2D eigenvalue weighted by atomic mass is 79.9. The predicted molar refractivity (Wildman–Crippen MR) is 59.7 cm³/mol. The minimum Gasteiger partial charge on any atom is -0.384 e. The third kappa shape index (κ3) is 3.06. The Morgan fingerprint density at radius 2 is 2.46 bits per heavy atom. The van der Waals surface area contributed by atoms with E-state index in [0.717, 1.165) is 23.1 Å². The quantitative estimate of drug-likeness (QED) is 0.629. The molecule has 0 spiro atoms. The van der Waals surface area contributed by atoms with Gasteiger partial charge in [-0.2, -0.15) is 0 Å². The molecule has 0 aliphatic rings. The van der Waals surface area contributed by atoms with Gasteiger partial charge < -0.3 is 11.1 Å². The van der Waals surface area contributed by atoms with E-state index in [1.807, 2.05) is 6.08 Å². The lowest BCUT2D eigenvalue weighted by Crippen LogP contribution is -2.02. The molecule has 0 bridgehead atoms. The molecule has 3 nitrogen and oxygen atoms in total. The number of nitrogens with zero attached hydrogens (tertiary/aromatic N) is 1. The van der Waals surface area contributed by atoms with Gasteiger partial charge in [-0.25, -0.2) is 4.98 Å². The highest BCUT2D eigenvalue weighted by Crippen LogP contribution is 2.22. The number of halogens is 1. The van der Waals surface area contributed by atoms with Gasteiger partial charge in [0, 0.05) is 18.8 Å². The van der Waals surface area contributed by atoms with Crippen LogP contribution in [0.2, 0.25) is 0 Å². The van der Waals surface area contributed by atoms with Crippen molar-refractivity contribution >= 4 is 27.4 Å². The van der Waals surface area contributed by atoms with Gasteiger partial charge in [-0.3, -0.25) is 0 Å². The van der Waals surface area contributed by atoms with Gasteiger partial charge in [-0.15, -0.1) is 6.58 Å². The van der Waals surface area contributed by atoms with E-state index in [1.54, 1.807) is 12.3 Å². The highest BCUT2D eigenvalue weighted by molar-refractivity contribution is 9.10. The van der Waals surface area contributed by atoms with Crippen LogP contribution in [0.1, 0.15) is 6.42 Å². The molecular weight excluding hydrogens is 230 g/mol. The summed E-state index contributed by atoms with van der Waals surface area (Å²) in [5, 5.41) is 3.22. The first-order chi connectivity index (χ1) is 6.24. The standard InChI is InChI=1S/C9H12BrN3/c1-2-3-4-12-8-5-9(11)13-6-7(8)10/h2,5-6H,1,3-4H2,(H3,11,12,13). The summed E-state index contributed by atoms with van der Waals surface area (Å²) in [4.78, 5) is 3.94. The van der Waals surface area contributed by atoms with Crippen molar-refractivity contribution in [2.24, 2.45) is 0 Å². The third-order valence-corrected chi connectivity index (χ3v) is 2.17. The monoisotopic (exact) mass is 241 g/mol. The van der Waals surface area contributed by atoms with Crippen molar-refractivity contribution in [3.63, 3.8) is 0 Å². The Morgan fingerprint density at radius 1 is 1.69 bits per heavy atom. The summed E-state index contributed by atoms with van der Waals surface area (Å²) in [6.07, 6.45) is 4.48. The SMILES string of the molecule is C=CCCNc1cc(N)ncc1Br. The van der Waals surface area contributed by atoms with Crippen LogP contribution in [0.3, 0.4) is 0 Å². The number of anilines is 2. The Kier molecular flexibility index (Phi) is 3.76. The Hall–Kier alpha value is -1.03. The van der Waals surface area contributed by atoms with E-state index in [2.05, 4.69) is 32.8 Å². The predicted octanol–water partition coefficient (Wildman–Crippen LogP) is 2.41. The van der Waals surface area contributed by atoms with Crippen molar-refractivity contribution in [1.82, 2.24) is 4.98 Å². The molecule has 4 heteroatoms. The molecule has 1 aromatic heterocycles. The first-order valence-corrected chi connectivity index (χ1v) is 4.79. The maximum atomic E-state index is 5.54. The first kappa shape index (κ1) is 10.1. The number of pyridine rings is 1. The molecule has 0 saturated heterocycles. The van der Waals surface area contributed by atoms with Crippen LogP contribution in [0.5, 0.6) is 0 Å². The van der Waals surface area contributed by atoms with Crippen LogP contribution < -0.4 is 11.1 Å². The van der Waals surface area contributed by atoms with Crippen molar-refractivity contribution < 1.29 is 0 Å². The molecule has 0 aliphatic carbocycles. The lowest BCUT2D eigenvalue weighted by molar-refractivity contribution is 1.07. The van der Waals surface area contributed by atoms with Gasteiger partial charge in [-0.1, -0.05) is 6.08 Å². The summed E-state index contributed by atoms with van der Waals surface area (Å²) >= 11 is 3.38. The second kappa shape index (κ2) is 4.87. The van der Waals surface area contributed by atoms with Gasteiger partial charge in [0.05, 0.1) is 10.2 Å². The third-order valence-electron chi connectivity index (χ3n) is 1.54. The Morgan fingerprint density at radius 3 is 3.15 bits per heavy atom. The number of aromatic nitrogens is 1. The van der Waals surface area contributed by atoms with Gasteiger partial charge in [0.1, 0.15) is 5.82 Å². The average molecular weight is 242 g/mol. The van der Waals surface area contributed by atoms with Gasteiger partial charge in [0.25, 0.3) is 0 Å². The van der Waals surface area contributed by atoms with Crippen LogP contribution in [0.4, 0.5) is 11.5 Å². The second-order valence-corrected chi connectivity index (χ2v) is 3.45. The number of nitrogens with one attached hydrogen (secondary N) is 1. The van der Waals surface area contributed by atoms with E-state index in [-0.39, 0.29) is 0 Å². The van der Waals surface area contributed by atoms with Crippen molar-refractivity contribution in [2.45, 2.75) is 6.42 Å². The Balaban J connectivity index is 2.64. The molecule has 0 atom stereocenters. The van der Waals surface area contributed by atoms with E-state index in [1.165, 1.54) is 0 Å². The number of nitrogens with two attached hydrogens (primary N) is 1. The highest BCUT2D eigenvalue weighted by Gasteiger charge is 1.99. The lowest BCUT2D eigenvalue weighted by Gasteiger charge is -2.06. The molecule has 3 N–H and O–H groups in total. The zero-order chi connectivity index (χ0) is 9.68. The van der Waals surface area contributed by atoms with Crippen LogP contribution in [-0.2, 0) is 0 Å². The van der Waals surface area contributed by atoms with Crippen molar-refractivity contribution in [1.29, 1.82) is 0 Å². The number of hydrogen-bond acceptors (Lipinski definition) is 3. The zero-order valence-electron chi connectivity index (χ0n) is 7.26. The molecule has 0 unspecified atom stereocenters. The fraction of sp³-hybridized carbons (Fsp3) is 0.222. The van der Waals surface area contributed by atoms with Crippen molar-refractivity contribution in [3.05, 3.63) is 29.4 Å². The summed E-state index contributed by atoms with van der Waals surface area (Å²) in [7, 11) is 0. The van der Waals surface area contributed by atoms with Crippen molar-refractivity contribution in [3.8, 4) is 0 Å². The molecule has 0 aliphatic heterocycles. The maximum absolute atomic E-state index is 5.54. The molecule has 0 aromatic carbocycles. The van der Waals surface area contributed by atoms with Crippen LogP contribution in [0, 0.1) is 0 Å². The fourth-order valence-corrected chi connectivity index (χ4v) is 1.26. The van der Waals surface area contributed by atoms with Crippen LogP contribution in [0.25, 0.3) is 0 Å². The smallest absolute Gasteiger partial charge is 0.125 e. The van der Waals surface area contributed by atoms with Crippen LogP contribution in [-0.4, -0.2) is 11.5 Å². The zero-order valence-corrected chi connectivity index (χ0v) is 8.84. The fourth-order valence-electron chi connectivity index (χ4n) is 0.899. The van der Waals surface area contributed by atoms with Crippen molar-refractivity contribution in [2.75, 3.05) is 17.6 Å². The second-order valence-electron chi connectivity index (χ2n) is 2.59. The van der Waals surface area contributed by atoms with E-state index in [0.29, 0.717) is 5.82 Å². The number of rotatable bonds is 4. The number of hydrogen-bond donors (Lipinski definition) is 2. The summed E-state index contributed by atoms with van der Waals surface area (Å²) in [5.74, 6) is 0.518. The van der Waals surface area contributed by atoms with Crippen LogP contribution >= 0.6 is 15.9 Å². The molecule has 0 amide bonds. The topological polar surface area (TPSA) is 50.9 Å². The Labute approximate surface area is 86.2 Å². The molecule has 70 valence electrons. The summed E-state index contributed by atoms with van der Waals surface area (Å²) < 4.78 is 0.922. The van der Waals surface area contributed by atoms with Gasteiger partial charge in [-0.05, 0) is 22.4 Å². The molecule has 1 heterocycles. The molecule has 0 saturated carbocycles. The molecule has 0 radical (unpaired) electrons. The molecule has 1 rings (SSSR count). The van der Waals surface area contributed by atoms with E-state index in [9.17, 15) is 0 Å². The molecular formula is C9H12BrN3. The van der Waals surface area contributed by atoms with Gasteiger partial charge in [0.15, 0.2) is 0 Å². The summed E-state index contributed by atoms with van der Waals surface area (Å²) in [6, 6.07) is 1.80. The summed E-state index contributed by atoms with van der Waals surface area (Å²) in [6.45, 7) is 4.50. The minimum absolute atomic E-state index is 0.518. The number of nitrogen functional groups attached to an aromatic ring is 1.